The second-order valence-corrected chi connectivity index (χ2v) is 9.88. The summed E-state index contributed by atoms with van der Waals surface area (Å²) in [5.41, 5.74) is 2.49. The Kier molecular flexibility index (Phi) is 8.93. The van der Waals surface area contributed by atoms with E-state index in [-0.39, 0.29) is 23.9 Å². The molecule has 4 aromatic carbocycles. The average molecular weight is 602 g/mol. The largest absolute Gasteiger partial charge is 0.755 e. The fraction of sp³-hybridized carbons (Fsp3) is 0.100. The highest BCUT2D eigenvalue weighted by molar-refractivity contribution is 7.81. The number of carbonyl (C=O) groups excluding carboxylic acids is 1. The topological polar surface area (TPSA) is 141 Å². The Balaban J connectivity index is 1.47. The highest BCUT2D eigenvalue weighted by atomic mass is 32.2. The molecular weight excluding hydrogens is 575 g/mol. The number of fused-ring (bicyclic) bond motifs is 1. The predicted octanol–water partition coefficient (Wildman–Crippen LogP) is 5.51. The summed E-state index contributed by atoms with van der Waals surface area (Å²) in [5.74, 6) is 0.307. The maximum absolute atomic E-state index is 13.4. The lowest BCUT2D eigenvalue weighted by molar-refractivity contribution is -0.114. The van der Waals surface area contributed by atoms with Gasteiger partial charge in [-0.1, -0.05) is 24.3 Å². The summed E-state index contributed by atoms with van der Waals surface area (Å²) >= 11 is -2.85. The van der Waals surface area contributed by atoms with Gasteiger partial charge in [-0.3, -0.25) is 13.3 Å². The second kappa shape index (κ2) is 13.1. The van der Waals surface area contributed by atoms with Gasteiger partial charge in [0.1, 0.15) is 17.3 Å². The molecule has 0 aliphatic carbocycles. The van der Waals surface area contributed by atoms with E-state index in [9.17, 15) is 17.9 Å². The first-order valence-electron chi connectivity index (χ1n) is 12.9. The van der Waals surface area contributed by atoms with E-state index in [2.05, 4.69) is 25.9 Å². The number of ether oxygens (including phenoxy) is 2. The number of hydrogen-bond donors (Lipinski definition) is 3. The molecule has 1 unspecified atom stereocenters. The summed E-state index contributed by atoms with van der Waals surface area (Å²) in [4.78, 5) is 21.9. The van der Waals surface area contributed by atoms with E-state index < -0.39 is 23.0 Å². The number of benzene rings is 4. The van der Waals surface area contributed by atoms with Gasteiger partial charge in [-0.25, -0.2) is 14.4 Å². The maximum atomic E-state index is 13.4. The van der Waals surface area contributed by atoms with Crippen LogP contribution in [0, 0.1) is 5.82 Å². The molecule has 0 bridgehead atoms. The van der Waals surface area contributed by atoms with Crippen LogP contribution in [0.5, 0.6) is 11.5 Å². The van der Waals surface area contributed by atoms with Gasteiger partial charge in [0.05, 0.1) is 48.8 Å². The molecule has 0 aliphatic rings. The van der Waals surface area contributed by atoms with Gasteiger partial charge in [0.2, 0.25) is 5.91 Å². The van der Waals surface area contributed by atoms with E-state index in [4.69, 9.17) is 9.47 Å². The summed E-state index contributed by atoms with van der Waals surface area (Å²) in [6, 6.07) is 24.2. The first-order chi connectivity index (χ1) is 20.8. The van der Waals surface area contributed by atoms with Crippen LogP contribution in [0.1, 0.15) is 0 Å². The predicted molar refractivity (Wildman–Crippen MR) is 163 cm³/mol. The van der Waals surface area contributed by atoms with Gasteiger partial charge in [0, 0.05) is 35.3 Å². The van der Waals surface area contributed by atoms with Crippen LogP contribution in [0.25, 0.3) is 11.0 Å². The summed E-state index contributed by atoms with van der Waals surface area (Å²) in [7, 11) is 3.04. The number of nitrogens with one attached hydrogen (secondary N) is 3. The Bertz CT molecular complexity index is 1780. The molecule has 1 atom stereocenters. The summed E-state index contributed by atoms with van der Waals surface area (Å²) in [5, 5.41) is 8.71. The number of anilines is 6. The molecule has 5 rings (SSSR count). The first-order valence-corrected chi connectivity index (χ1v) is 13.9. The van der Waals surface area contributed by atoms with E-state index in [1.54, 1.807) is 66.7 Å². The lowest BCUT2D eigenvalue weighted by Crippen LogP contribution is -2.24. The molecule has 0 radical (unpaired) electrons. The second-order valence-electron chi connectivity index (χ2n) is 9.08. The number of para-hydroxylation sites is 2. The van der Waals surface area contributed by atoms with Gasteiger partial charge in [-0.2, -0.15) is 0 Å². The molecule has 0 fully saturated rings. The molecule has 13 heteroatoms. The van der Waals surface area contributed by atoms with Crippen molar-refractivity contribution in [1.29, 1.82) is 0 Å². The Morgan fingerprint density at radius 2 is 1.53 bits per heavy atom. The van der Waals surface area contributed by atoms with Crippen LogP contribution in [0.2, 0.25) is 0 Å². The standard InChI is InChI=1S/C30H27FN6O5S/c1-41-24-15-22(16-25(17-24)42-2)34-29-30(36-27-12-4-3-11-26(27)35-29)37(43(39)40)23-10-6-9-21(14-23)33-28(38)18-32-20-8-5-7-19(31)13-20/h3-17,32H,18H2,1-2H3,(H,33,38)(H,34,35)(H,39,40)/p-1. The third-order valence-corrected chi connectivity index (χ3v) is 6.83. The number of rotatable bonds is 11. The number of hydrogen-bond acceptors (Lipinski definition) is 9. The molecule has 3 N–H and O–H groups in total. The Morgan fingerprint density at radius 1 is 0.860 bits per heavy atom. The molecule has 1 amide bonds. The third-order valence-electron chi connectivity index (χ3n) is 6.15. The average Bonchev–Trinajstić information content (AvgIpc) is 3.00. The number of nitrogens with zero attached hydrogens (tertiary/aromatic N) is 3. The summed E-state index contributed by atoms with van der Waals surface area (Å²) in [6.07, 6.45) is 0. The van der Waals surface area contributed by atoms with E-state index in [0.29, 0.717) is 39.6 Å². The lowest BCUT2D eigenvalue weighted by Gasteiger charge is -2.27. The van der Waals surface area contributed by atoms with Crippen molar-refractivity contribution in [3.05, 3.63) is 96.8 Å². The molecule has 11 nitrogen and oxygen atoms in total. The molecule has 5 aromatic rings. The van der Waals surface area contributed by atoms with Crippen LogP contribution in [-0.4, -0.2) is 45.4 Å². The Morgan fingerprint density at radius 3 is 2.21 bits per heavy atom. The number of halogens is 1. The van der Waals surface area contributed by atoms with Gasteiger partial charge >= 0.3 is 0 Å². The molecule has 43 heavy (non-hydrogen) atoms. The highest BCUT2D eigenvalue weighted by Gasteiger charge is 2.21. The van der Waals surface area contributed by atoms with E-state index in [1.807, 2.05) is 0 Å². The minimum atomic E-state index is -2.85. The van der Waals surface area contributed by atoms with Crippen LogP contribution in [0.4, 0.5) is 38.8 Å². The Labute approximate surface area is 249 Å². The summed E-state index contributed by atoms with van der Waals surface area (Å²) < 4.78 is 50.6. The van der Waals surface area contributed by atoms with Crippen LogP contribution in [0.3, 0.4) is 0 Å². The normalized spacial score (nSPS) is 11.4. The molecule has 0 aliphatic heterocycles. The zero-order valence-electron chi connectivity index (χ0n) is 23.0. The van der Waals surface area contributed by atoms with Gasteiger partial charge in [-0.05, 0) is 48.5 Å². The third kappa shape index (κ3) is 7.15. The van der Waals surface area contributed by atoms with Gasteiger partial charge in [-0.15, -0.1) is 0 Å². The van der Waals surface area contributed by atoms with E-state index >= 15 is 0 Å². The fourth-order valence-electron chi connectivity index (χ4n) is 4.21. The lowest BCUT2D eigenvalue weighted by atomic mass is 10.2. The minimum Gasteiger partial charge on any atom is -0.755 e. The van der Waals surface area contributed by atoms with Gasteiger partial charge < -0.3 is 30.0 Å². The quantitative estimate of drug-likeness (QED) is 0.167. The molecule has 0 saturated carbocycles. The molecule has 1 aromatic heterocycles. The zero-order chi connectivity index (χ0) is 30.3. The van der Waals surface area contributed by atoms with Gasteiger partial charge in [0.15, 0.2) is 11.6 Å². The van der Waals surface area contributed by atoms with Crippen molar-refractivity contribution in [2.45, 2.75) is 0 Å². The number of aromatic nitrogens is 2. The van der Waals surface area contributed by atoms with Crippen LogP contribution in [0.15, 0.2) is 91.0 Å². The number of amides is 1. The van der Waals surface area contributed by atoms with Crippen molar-refractivity contribution in [3.8, 4) is 11.5 Å². The molecule has 1 heterocycles. The first kappa shape index (κ1) is 29.2. The Hall–Kier alpha value is -5.27. The van der Waals surface area contributed by atoms with Crippen LogP contribution >= 0.6 is 0 Å². The maximum Gasteiger partial charge on any atom is 0.243 e. The highest BCUT2D eigenvalue weighted by Crippen LogP contribution is 2.36. The SMILES string of the molecule is COc1cc(Nc2nc3ccccc3nc2N(c2cccc(NC(=O)CNc3cccc(F)c3)c2)S(=O)[O-])cc(OC)c1. The fourth-order valence-corrected chi connectivity index (χ4v) is 4.76. The van der Waals surface area contributed by atoms with Crippen molar-refractivity contribution in [1.82, 2.24) is 9.97 Å². The smallest absolute Gasteiger partial charge is 0.243 e. The monoisotopic (exact) mass is 601 g/mol. The summed E-state index contributed by atoms with van der Waals surface area (Å²) in [6.45, 7) is -0.140. The zero-order valence-corrected chi connectivity index (χ0v) is 23.9. The number of methoxy groups -OCH3 is 2. The van der Waals surface area contributed by atoms with Crippen molar-refractivity contribution in [3.63, 3.8) is 0 Å². The molecule has 0 spiro atoms. The molecule has 0 saturated heterocycles. The number of carbonyl (C=O) groups is 1. The van der Waals surface area contributed by atoms with Gasteiger partial charge in [0.25, 0.3) is 0 Å². The molecular formula is C30H26FN6O5S-. The van der Waals surface area contributed by atoms with E-state index in [1.165, 1.54) is 38.5 Å². The molecule has 220 valence electrons. The van der Waals surface area contributed by atoms with Crippen molar-refractivity contribution in [2.24, 2.45) is 0 Å². The van der Waals surface area contributed by atoms with Crippen molar-refractivity contribution in [2.75, 3.05) is 41.0 Å². The van der Waals surface area contributed by atoms with Crippen LogP contribution < -0.4 is 29.7 Å². The van der Waals surface area contributed by atoms with Crippen molar-refractivity contribution >= 4 is 62.6 Å². The van der Waals surface area contributed by atoms with Crippen LogP contribution in [-0.2, 0) is 16.1 Å². The minimum absolute atomic E-state index is 0.00920. The van der Waals surface area contributed by atoms with E-state index in [0.717, 1.165) is 4.31 Å². The van der Waals surface area contributed by atoms with Crippen molar-refractivity contribution < 1.29 is 27.4 Å².